The molecule has 128 valence electrons. The summed E-state index contributed by atoms with van der Waals surface area (Å²) in [6, 6.07) is 1.04. The van der Waals surface area contributed by atoms with Crippen molar-refractivity contribution in [2.24, 2.45) is 0 Å². The van der Waals surface area contributed by atoms with Crippen molar-refractivity contribution < 1.29 is 23.1 Å². The highest BCUT2D eigenvalue weighted by Gasteiger charge is 2.41. The summed E-state index contributed by atoms with van der Waals surface area (Å²) in [6.45, 7) is 0.0939. The molecule has 0 bridgehead atoms. The Bertz CT molecular complexity index is 734. The zero-order chi connectivity index (χ0) is 17.4. The third-order valence-corrected chi connectivity index (χ3v) is 4.01. The Morgan fingerprint density at radius 1 is 1.38 bits per heavy atom. The molecule has 1 atom stereocenters. The highest BCUT2D eigenvalue weighted by molar-refractivity contribution is 5.95. The number of nitrogens with one attached hydrogen (secondary N) is 1. The third-order valence-electron chi connectivity index (χ3n) is 4.01. The monoisotopic (exact) mass is 341 g/mol. The van der Waals surface area contributed by atoms with Gasteiger partial charge < -0.3 is 10.0 Å². The molecule has 0 unspecified atom stereocenters. The summed E-state index contributed by atoms with van der Waals surface area (Å²) in [7, 11) is 0. The van der Waals surface area contributed by atoms with E-state index in [1.165, 1.54) is 11.1 Å². The van der Waals surface area contributed by atoms with E-state index >= 15 is 0 Å². The third kappa shape index (κ3) is 2.96. The van der Waals surface area contributed by atoms with E-state index in [-0.39, 0.29) is 18.8 Å². The predicted octanol–water partition coefficient (Wildman–Crippen LogP) is 1.34. The van der Waals surface area contributed by atoms with Crippen LogP contribution in [-0.4, -0.2) is 49.4 Å². The molecule has 1 saturated heterocycles. The minimum absolute atomic E-state index is 0.155. The minimum atomic E-state index is -4.68. The Morgan fingerprint density at radius 2 is 2.17 bits per heavy atom. The molecule has 2 aromatic heterocycles. The maximum atomic E-state index is 13.1. The van der Waals surface area contributed by atoms with Crippen LogP contribution in [0.15, 0.2) is 24.7 Å². The van der Waals surface area contributed by atoms with Gasteiger partial charge in [-0.15, -0.1) is 0 Å². The van der Waals surface area contributed by atoms with Crippen molar-refractivity contribution >= 4 is 5.91 Å². The number of halogens is 3. The van der Waals surface area contributed by atoms with Gasteiger partial charge in [-0.2, -0.15) is 28.6 Å². The zero-order valence-electron chi connectivity index (χ0n) is 12.4. The van der Waals surface area contributed by atoms with Crippen LogP contribution < -0.4 is 0 Å². The Morgan fingerprint density at radius 3 is 2.83 bits per heavy atom. The van der Waals surface area contributed by atoms with Gasteiger partial charge in [-0.1, -0.05) is 0 Å². The average molecular weight is 341 g/mol. The number of hydrogen-bond acceptors (Lipinski definition) is 5. The van der Waals surface area contributed by atoms with Crippen LogP contribution in [0.4, 0.5) is 13.2 Å². The van der Waals surface area contributed by atoms with Crippen LogP contribution in [0.1, 0.15) is 34.5 Å². The quantitative estimate of drug-likeness (QED) is 0.860. The van der Waals surface area contributed by atoms with Crippen LogP contribution in [-0.2, 0) is 11.8 Å². The van der Waals surface area contributed by atoms with Crippen molar-refractivity contribution in [1.29, 1.82) is 0 Å². The van der Waals surface area contributed by atoms with Crippen molar-refractivity contribution in [2.45, 2.75) is 24.6 Å². The van der Waals surface area contributed by atoms with Crippen LogP contribution in [0, 0.1) is 0 Å². The van der Waals surface area contributed by atoms with Gasteiger partial charge in [-0.05, 0) is 18.9 Å². The van der Waals surface area contributed by atoms with Crippen LogP contribution in [0.2, 0.25) is 0 Å². The van der Waals surface area contributed by atoms with Gasteiger partial charge in [0.2, 0.25) is 0 Å². The summed E-state index contributed by atoms with van der Waals surface area (Å²) in [5.74, 6) is -0.800. The average Bonchev–Trinajstić information content (AvgIpc) is 3.09. The molecule has 3 rings (SSSR count). The van der Waals surface area contributed by atoms with E-state index in [4.69, 9.17) is 0 Å². The van der Waals surface area contributed by atoms with Gasteiger partial charge in [0, 0.05) is 18.9 Å². The molecule has 0 aliphatic carbocycles. The lowest BCUT2D eigenvalue weighted by molar-refractivity contribution is -0.138. The standard InChI is InChI=1S/C14H14F3N5O2/c15-14(16,17)10-6-18-4-2-9(10)12(23)22-5-1-3-13(24,8-22)11-7-19-21-20-11/h2,4,6-7,24H,1,3,5,8H2,(H,19,20,21)/t13-/m1/s1. The molecule has 0 spiro atoms. The molecule has 0 saturated carbocycles. The first-order valence-electron chi connectivity index (χ1n) is 7.20. The van der Waals surface area contributed by atoms with Crippen molar-refractivity contribution in [3.63, 3.8) is 0 Å². The second-order valence-electron chi connectivity index (χ2n) is 5.64. The smallest absolute Gasteiger partial charge is 0.382 e. The second kappa shape index (κ2) is 5.86. The molecule has 1 aliphatic rings. The molecule has 0 aromatic carbocycles. The fraction of sp³-hybridized carbons (Fsp3) is 0.429. The van der Waals surface area contributed by atoms with Gasteiger partial charge in [0.1, 0.15) is 11.3 Å². The van der Waals surface area contributed by atoms with Crippen molar-refractivity contribution in [1.82, 2.24) is 25.3 Å². The van der Waals surface area contributed by atoms with Crippen LogP contribution in [0.3, 0.4) is 0 Å². The van der Waals surface area contributed by atoms with Gasteiger partial charge in [0.25, 0.3) is 5.91 Å². The topological polar surface area (TPSA) is 95.0 Å². The highest BCUT2D eigenvalue weighted by atomic mass is 19.4. The molecular weight excluding hydrogens is 327 g/mol. The molecule has 1 fully saturated rings. The number of hydrogen-bond donors (Lipinski definition) is 2. The molecule has 24 heavy (non-hydrogen) atoms. The van der Waals surface area contributed by atoms with E-state index in [0.717, 1.165) is 12.3 Å². The zero-order valence-corrected chi connectivity index (χ0v) is 12.4. The van der Waals surface area contributed by atoms with E-state index in [1.807, 2.05) is 0 Å². The number of pyridine rings is 1. The molecule has 3 heterocycles. The van der Waals surface area contributed by atoms with E-state index in [2.05, 4.69) is 20.4 Å². The number of aliphatic hydroxyl groups is 1. The molecule has 1 aliphatic heterocycles. The molecule has 2 aromatic rings. The number of rotatable bonds is 2. The Hall–Kier alpha value is -2.49. The first kappa shape index (κ1) is 16.4. The summed E-state index contributed by atoms with van der Waals surface area (Å²) < 4.78 is 39.2. The predicted molar refractivity (Wildman–Crippen MR) is 74.7 cm³/mol. The number of piperidine rings is 1. The number of H-pyrrole nitrogens is 1. The Labute approximate surface area is 134 Å². The number of β-amino-alcohol motifs (C(OH)–C–C–N with tert-alkyl or cyclic N) is 1. The summed E-state index contributed by atoms with van der Waals surface area (Å²) in [6.07, 6.45) is -0.816. The van der Waals surface area contributed by atoms with E-state index in [1.54, 1.807) is 0 Å². The number of alkyl halides is 3. The number of likely N-dealkylation sites (tertiary alicyclic amines) is 1. The molecular formula is C14H14F3N5O2. The Balaban J connectivity index is 1.89. The SMILES string of the molecule is O=C(c1ccncc1C(F)(F)F)N1CCC[C@](O)(c2cn[nH]n2)C1. The summed E-state index contributed by atoms with van der Waals surface area (Å²) in [5.41, 5.74) is -2.76. The Kier molecular flexibility index (Phi) is 3.99. The number of nitrogens with zero attached hydrogens (tertiary/aromatic N) is 4. The van der Waals surface area contributed by atoms with Crippen molar-refractivity contribution in [2.75, 3.05) is 13.1 Å². The van der Waals surface area contributed by atoms with Gasteiger partial charge in [0.15, 0.2) is 0 Å². The van der Waals surface area contributed by atoms with E-state index in [9.17, 15) is 23.1 Å². The van der Waals surface area contributed by atoms with Gasteiger partial charge in [-0.3, -0.25) is 9.78 Å². The number of aromatic amines is 1. The van der Waals surface area contributed by atoms with Crippen molar-refractivity contribution in [3.8, 4) is 0 Å². The summed E-state index contributed by atoms with van der Waals surface area (Å²) in [4.78, 5) is 17.2. The summed E-state index contributed by atoms with van der Waals surface area (Å²) >= 11 is 0. The molecule has 2 N–H and O–H groups in total. The minimum Gasteiger partial charge on any atom is -0.382 e. The van der Waals surface area contributed by atoms with Gasteiger partial charge >= 0.3 is 6.18 Å². The maximum absolute atomic E-state index is 13.1. The molecule has 1 amide bonds. The van der Waals surface area contributed by atoms with Crippen molar-refractivity contribution in [3.05, 3.63) is 41.5 Å². The number of aromatic nitrogens is 4. The first-order valence-corrected chi connectivity index (χ1v) is 7.20. The summed E-state index contributed by atoms with van der Waals surface area (Å²) in [5, 5.41) is 20.5. The fourth-order valence-electron chi connectivity index (χ4n) is 2.82. The number of carbonyl (C=O) groups excluding carboxylic acids is 1. The van der Waals surface area contributed by atoms with E-state index < -0.39 is 28.8 Å². The second-order valence-corrected chi connectivity index (χ2v) is 5.64. The number of carbonyl (C=O) groups is 1. The molecule has 0 radical (unpaired) electrons. The lowest BCUT2D eigenvalue weighted by Crippen LogP contribution is -2.49. The molecule has 7 nitrogen and oxygen atoms in total. The van der Waals surface area contributed by atoms with Gasteiger partial charge in [0.05, 0.1) is 23.9 Å². The van der Waals surface area contributed by atoms with E-state index in [0.29, 0.717) is 19.0 Å². The fourth-order valence-corrected chi connectivity index (χ4v) is 2.82. The largest absolute Gasteiger partial charge is 0.418 e. The highest BCUT2D eigenvalue weighted by Crippen LogP contribution is 2.34. The number of amides is 1. The van der Waals surface area contributed by atoms with Crippen LogP contribution in [0.5, 0.6) is 0 Å². The van der Waals surface area contributed by atoms with Crippen LogP contribution >= 0.6 is 0 Å². The van der Waals surface area contributed by atoms with Gasteiger partial charge in [-0.25, -0.2) is 0 Å². The lowest BCUT2D eigenvalue weighted by Gasteiger charge is -2.38. The maximum Gasteiger partial charge on any atom is 0.418 e. The van der Waals surface area contributed by atoms with Crippen LogP contribution in [0.25, 0.3) is 0 Å². The first-order chi connectivity index (χ1) is 11.3. The lowest BCUT2D eigenvalue weighted by atomic mass is 9.89. The normalized spacial score (nSPS) is 21.8. The molecule has 10 heteroatoms.